The number of benzene rings is 1. The van der Waals surface area contributed by atoms with Gasteiger partial charge in [0.2, 0.25) is 11.8 Å². The molecule has 0 unspecified atom stereocenters. The highest BCUT2D eigenvalue weighted by Crippen LogP contribution is 2.34. The van der Waals surface area contributed by atoms with Gasteiger partial charge in [-0.05, 0) is 17.8 Å². The van der Waals surface area contributed by atoms with Crippen LogP contribution in [0.25, 0.3) is 0 Å². The topological polar surface area (TPSA) is 134 Å². The predicted molar refractivity (Wildman–Crippen MR) is 98.0 cm³/mol. The SMILES string of the molecule is CC(=O)N1N=C(c2c(O)n(C)c(=S)[nH]c2=O)C[C@@H]1c1cccc([N+](=O)[O-])c1. The number of aromatic nitrogens is 2. The highest BCUT2D eigenvalue weighted by atomic mass is 32.1. The average molecular weight is 389 g/mol. The van der Waals surface area contributed by atoms with Crippen molar-refractivity contribution >= 4 is 29.5 Å². The Balaban J connectivity index is 2.09. The van der Waals surface area contributed by atoms with Crippen LogP contribution in [-0.2, 0) is 11.8 Å². The van der Waals surface area contributed by atoms with Gasteiger partial charge >= 0.3 is 0 Å². The molecule has 27 heavy (non-hydrogen) atoms. The van der Waals surface area contributed by atoms with E-state index in [0.29, 0.717) is 5.56 Å². The Morgan fingerprint density at radius 3 is 2.81 bits per heavy atom. The summed E-state index contributed by atoms with van der Waals surface area (Å²) in [6, 6.07) is 5.22. The Bertz CT molecular complexity index is 1100. The highest BCUT2D eigenvalue weighted by molar-refractivity contribution is 7.71. The van der Waals surface area contributed by atoms with Crippen molar-refractivity contribution in [3.05, 3.63) is 60.6 Å². The first kappa shape index (κ1) is 18.5. The van der Waals surface area contributed by atoms with Gasteiger partial charge in [0, 0.05) is 32.5 Å². The van der Waals surface area contributed by atoms with E-state index in [-0.39, 0.29) is 34.0 Å². The van der Waals surface area contributed by atoms with Crippen LogP contribution < -0.4 is 5.56 Å². The van der Waals surface area contributed by atoms with Crippen molar-refractivity contribution < 1.29 is 14.8 Å². The summed E-state index contributed by atoms with van der Waals surface area (Å²) in [5, 5.41) is 26.7. The Hall–Kier alpha value is -3.34. The van der Waals surface area contributed by atoms with Crippen LogP contribution in [0, 0.1) is 14.9 Å². The van der Waals surface area contributed by atoms with Crippen molar-refractivity contribution in [1.82, 2.24) is 14.6 Å². The first-order valence-corrected chi connectivity index (χ1v) is 8.25. The largest absolute Gasteiger partial charge is 0.494 e. The lowest BCUT2D eigenvalue weighted by atomic mass is 9.99. The van der Waals surface area contributed by atoms with Crippen LogP contribution in [0.5, 0.6) is 5.88 Å². The molecule has 1 aliphatic heterocycles. The number of amides is 1. The number of hydrogen-bond acceptors (Lipinski definition) is 7. The number of nitro benzene ring substituents is 1. The molecule has 140 valence electrons. The maximum Gasteiger partial charge on any atom is 0.269 e. The summed E-state index contributed by atoms with van der Waals surface area (Å²) in [6.45, 7) is 1.30. The van der Waals surface area contributed by atoms with Gasteiger partial charge < -0.3 is 5.11 Å². The van der Waals surface area contributed by atoms with Crippen molar-refractivity contribution in [1.29, 1.82) is 0 Å². The second-order valence-corrected chi connectivity index (χ2v) is 6.39. The Morgan fingerprint density at radius 2 is 2.19 bits per heavy atom. The van der Waals surface area contributed by atoms with Crippen LogP contribution >= 0.6 is 12.2 Å². The number of nitrogens with zero attached hydrogens (tertiary/aromatic N) is 4. The zero-order valence-corrected chi connectivity index (χ0v) is 15.2. The fourth-order valence-electron chi connectivity index (χ4n) is 2.93. The molecule has 11 heteroatoms. The molecule has 1 aromatic carbocycles. The summed E-state index contributed by atoms with van der Waals surface area (Å²) in [7, 11) is 1.48. The van der Waals surface area contributed by atoms with Crippen LogP contribution in [0.15, 0.2) is 34.2 Å². The minimum Gasteiger partial charge on any atom is -0.494 e. The molecule has 1 atom stereocenters. The van der Waals surface area contributed by atoms with Gasteiger partial charge in [0.05, 0.1) is 16.7 Å². The monoisotopic (exact) mass is 389 g/mol. The van der Waals surface area contributed by atoms with Crippen LogP contribution in [0.1, 0.15) is 30.5 Å². The molecule has 0 saturated carbocycles. The van der Waals surface area contributed by atoms with Gasteiger partial charge in [-0.3, -0.25) is 29.3 Å². The van der Waals surface area contributed by atoms with Gasteiger partial charge in [0.15, 0.2) is 4.77 Å². The van der Waals surface area contributed by atoms with Gasteiger partial charge in [-0.2, -0.15) is 5.10 Å². The van der Waals surface area contributed by atoms with E-state index in [2.05, 4.69) is 10.1 Å². The Labute approximate surface area is 157 Å². The van der Waals surface area contributed by atoms with Crippen LogP contribution in [0.4, 0.5) is 5.69 Å². The molecule has 10 nitrogen and oxygen atoms in total. The van der Waals surface area contributed by atoms with E-state index in [1.54, 1.807) is 6.07 Å². The van der Waals surface area contributed by atoms with E-state index in [4.69, 9.17) is 12.2 Å². The third kappa shape index (κ3) is 3.24. The lowest BCUT2D eigenvalue weighted by Crippen LogP contribution is -2.24. The van der Waals surface area contributed by atoms with E-state index >= 15 is 0 Å². The second-order valence-electron chi connectivity index (χ2n) is 6.00. The number of H-pyrrole nitrogens is 1. The molecule has 0 spiro atoms. The third-order valence-corrected chi connectivity index (χ3v) is 4.66. The molecule has 0 saturated heterocycles. The lowest BCUT2D eigenvalue weighted by Gasteiger charge is -2.20. The van der Waals surface area contributed by atoms with Crippen LogP contribution in [-0.4, -0.2) is 36.2 Å². The van der Waals surface area contributed by atoms with Gasteiger partial charge in [-0.25, -0.2) is 5.01 Å². The number of hydrogen-bond donors (Lipinski definition) is 2. The fraction of sp³-hybridized carbons (Fsp3) is 0.250. The Morgan fingerprint density at radius 1 is 1.48 bits per heavy atom. The summed E-state index contributed by atoms with van der Waals surface area (Å²) in [4.78, 5) is 37.3. The molecule has 0 bridgehead atoms. The summed E-state index contributed by atoms with van der Waals surface area (Å²) in [5.74, 6) is -0.771. The number of carbonyl (C=O) groups is 1. The average Bonchev–Trinajstić information content (AvgIpc) is 3.05. The first-order chi connectivity index (χ1) is 12.7. The van der Waals surface area contributed by atoms with E-state index in [9.17, 15) is 24.8 Å². The minimum atomic E-state index is -0.635. The molecule has 1 amide bonds. The molecular weight excluding hydrogens is 374 g/mol. The van der Waals surface area contributed by atoms with Crippen molar-refractivity contribution in [2.75, 3.05) is 0 Å². The van der Waals surface area contributed by atoms with Gasteiger partial charge in [-0.1, -0.05) is 12.1 Å². The molecule has 1 aromatic heterocycles. The molecule has 0 fully saturated rings. The lowest BCUT2D eigenvalue weighted by molar-refractivity contribution is -0.384. The molecule has 2 aromatic rings. The van der Waals surface area contributed by atoms with E-state index in [0.717, 1.165) is 5.01 Å². The number of non-ortho nitro benzene ring substituents is 1. The van der Waals surface area contributed by atoms with Crippen molar-refractivity contribution in [3.8, 4) is 5.88 Å². The number of nitro groups is 1. The standard InChI is InChI=1S/C16H15N5O5S/c1-8(22)20-12(9-4-3-5-10(6-9)21(25)26)7-11(18-20)13-14(23)17-16(27)19(2)15(13)24/h3-6,12,24H,7H2,1-2H3,(H,17,23,27)/t12-/m1/s1. The maximum absolute atomic E-state index is 12.3. The van der Waals surface area contributed by atoms with Crippen molar-refractivity contribution in [3.63, 3.8) is 0 Å². The van der Waals surface area contributed by atoms with Gasteiger partial charge in [0.1, 0.15) is 5.56 Å². The summed E-state index contributed by atoms with van der Waals surface area (Å²) in [5.41, 5.74) is -0.153. The number of hydrazone groups is 1. The Kier molecular flexibility index (Phi) is 4.62. The number of carbonyl (C=O) groups excluding carboxylic acids is 1. The maximum atomic E-state index is 12.3. The van der Waals surface area contributed by atoms with Gasteiger partial charge in [-0.15, -0.1) is 0 Å². The van der Waals surface area contributed by atoms with Crippen molar-refractivity contribution in [2.24, 2.45) is 12.1 Å². The van der Waals surface area contributed by atoms with E-state index in [1.807, 2.05) is 0 Å². The fourth-order valence-corrected chi connectivity index (χ4v) is 3.10. The van der Waals surface area contributed by atoms with Crippen LogP contribution in [0.2, 0.25) is 0 Å². The number of rotatable bonds is 3. The van der Waals surface area contributed by atoms with E-state index in [1.165, 1.54) is 36.7 Å². The number of aromatic hydroxyl groups is 1. The van der Waals surface area contributed by atoms with Crippen molar-refractivity contribution in [2.45, 2.75) is 19.4 Å². The molecule has 2 N–H and O–H groups in total. The minimum absolute atomic E-state index is 0.0403. The zero-order chi connectivity index (χ0) is 19.9. The summed E-state index contributed by atoms with van der Waals surface area (Å²) < 4.78 is 1.26. The smallest absolute Gasteiger partial charge is 0.269 e. The first-order valence-electron chi connectivity index (χ1n) is 7.85. The highest BCUT2D eigenvalue weighted by Gasteiger charge is 2.34. The molecule has 2 heterocycles. The number of nitrogens with one attached hydrogen (secondary N) is 1. The van der Waals surface area contributed by atoms with Gasteiger partial charge in [0.25, 0.3) is 11.2 Å². The third-order valence-electron chi connectivity index (χ3n) is 4.28. The second kappa shape index (κ2) is 6.76. The molecule has 3 rings (SSSR count). The quantitative estimate of drug-likeness (QED) is 0.467. The molecular formula is C16H15N5O5S. The normalized spacial score (nSPS) is 16.3. The summed E-state index contributed by atoms with van der Waals surface area (Å²) in [6.07, 6.45) is 0.105. The predicted octanol–water partition coefficient (Wildman–Crippen LogP) is 1.75. The zero-order valence-electron chi connectivity index (χ0n) is 14.4. The molecule has 1 aliphatic rings. The number of aromatic amines is 1. The summed E-state index contributed by atoms with van der Waals surface area (Å²) >= 11 is 4.94. The molecule has 0 radical (unpaired) electrons. The van der Waals surface area contributed by atoms with Crippen LogP contribution in [0.3, 0.4) is 0 Å². The van der Waals surface area contributed by atoms with E-state index < -0.39 is 22.4 Å². The molecule has 0 aliphatic carbocycles.